The van der Waals surface area contributed by atoms with Crippen molar-refractivity contribution < 1.29 is 4.74 Å². The first-order valence-corrected chi connectivity index (χ1v) is 5.26. The van der Waals surface area contributed by atoms with Crippen LogP contribution in [0.15, 0.2) is 48.5 Å². The van der Waals surface area contributed by atoms with Gasteiger partial charge in [-0.15, -0.1) is 0 Å². The fourth-order valence-electron chi connectivity index (χ4n) is 1.75. The van der Waals surface area contributed by atoms with Crippen molar-refractivity contribution in [3.8, 4) is 5.75 Å². The Balaban J connectivity index is 2.30. The lowest BCUT2D eigenvalue weighted by Crippen LogP contribution is -2.05. The van der Waals surface area contributed by atoms with Gasteiger partial charge in [-0.2, -0.15) is 0 Å². The molecule has 0 aliphatic carbocycles. The standard InChI is InChI=1S/C14H13BO/c1-16-14-8-7-13(15)10-12(14)9-11-5-3-2-4-6-11/h2-8,10H,9H2,1H3. The molecule has 0 heterocycles. The summed E-state index contributed by atoms with van der Waals surface area (Å²) in [6.07, 6.45) is 0.842. The predicted octanol–water partition coefficient (Wildman–Crippen LogP) is 2.08. The first-order chi connectivity index (χ1) is 7.79. The van der Waals surface area contributed by atoms with Crippen molar-refractivity contribution in [3.63, 3.8) is 0 Å². The zero-order valence-corrected chi connectivity index (χ0v) is 9.31. The number of hydrogen-bond acceptors (Lipinski definition) is 1. The van der Waals surface area contributed by atoms with E-state index in [1.165, 1.54) is 5.56 Å². The Morgan fingerprint density at radius 3 is 2.50 bits per heavy atom. The van der Waals surface area contributed by atoms with E-state index in [4.69, 9.17) is 12.6 Å². The summed E-state index contributed by atoms with van der Waals surface area (Å²) in [5.41, 5.74) is 3.15. The van der Waals surface area contributed by atoms with Crippen LogP contribution in [0.3, 0.4) is 0 Å². The summed E-state index contributed by atoms with van der Waals surface area (Å²) in [5, 5.41) is 0. The SMILES string of the molecule is [B]c1ccc(OC)c(Cc2ccccc2)c1. The molecular formula is C14H13BO. The van der Waals surface area contributed by atoms with Crippen LogP contribution < -0.4 is 10.2 Å². The lowest BCUT2D eigenvalue weighted by molar-refractivity contribution is 0.410. The average Bonchev–Trinajstić information content (AvgIpc) is 2.31. The van der Waals surface area contributed by atoms with E-state index < -0.39 is 0 Å². The summed E-state index contributed by atoms with van der Waals surface area (Å²) in [4.78, 5) is 0. The molecule has 0 aliphatic heterocycles. The molecule has 2 radical (unpaired) electrons. The second-order valence-electron chi connectivity index (χ2n) is 3.73. The van der Waals surface area contributed by atoms with Crippen molar-refractivity contribution in [2.24, 2.45) is 0 Å². The Morgan fingerprint density at radius 2 is 1.81 bits per heavy atom. The Bertz CT molecular complexity index is 465. The predicted molar refractivity (Wildman–Crippen MR) is 67.6 cm³/mol. The van der Waals surface area contributed by atoms with E-state index in [0.29, 0.717) is 0 Å². The maximum atomic E-state index is 5.78. The highest BCUT2D eigenvalue weighted by Gasteiger charge is 2.03. The minimum absolute atomic E-state index is 0.770. The quantitative estimate of drug-likeness (QED) is 0.701. The largest absolute Gasteiger partial charge is 0.496 e. The van der Waals surface area contributed by atoms with Gasteiger partial charge in [0.2, 0.25) is 0 Å². The molecule has 0 atom stereocenters. The van der Waals surface area contributed by atoms with Crippen molar-refractivity contribution in [2.75, 3.05) is 7.11 Å². The first-order valence-electron chi connectivity index (χ1n) is 5.26. The molecule has 2 aromatic rings. The van der Waals surface area contributed by atoms with E-state index in [-0.39, 0.29) is 0 Å². The van der Waals surface area contributed by atoms with Crippen LogP contribution in [-0.4, -0.2) is 15.0 Å². The van der Waals surface area contributed by atoms with E-state index >= 15 is 0 Å². The number of benzene rings is 2. The summed E-state index contributed by atoms with van der Waals surface area (Å²) in [7, 11) is 7.46. The van der Waals surface area contributed by atoms with E-state index in [1.54, 1.807) is 7.11 Å². The van der Waals surface area contributed by atoms with Crippen molar-refractivity contribution in [3.05, 3.63) is 59.7 Å². The fraction of sp³-hybridized carbons (Fsp3) is 0.143. The van der Waals surface area contributed by atoms with Gasteiger partial charge in [-0.05, 0) is 17.2 Å². The lowest BCUT2D eigenvalue weighted by atomic mass is 9.92. The summed E-state index contributed by atoms with van der Waals surface area (Å²) < 4.78 is 5.32. The van der Waals surface area contributed by atoms with Gasteiger partial charge in [0.1, 0.15) is 13.6 Å². The fourth-order valence-corrected chi connectivity index (χ4v) is 1.75. The van der Waals surface area contributed by atoms with Gasteiger partial charge in [0.25, 0.3) is 0 Å². The number of methoxy groups -OCH3 is 1. The van der Waals surface area contributed by atoms with Crippen LogP contribution in [-0.2, 0) is 6.42 Å². The van der Waals surface area contributed by atoms with Crippen LogP contribution in [0, 0.1) is 0 Å². The first kappa shape index (κ1) is 10.8. The van der Waals surface area contributed by atoms with Crippen LogP contribution >= 0.6 is 0 Å². The highest BCUT2D eigenvalue weighted by molar-refractivity contribution is 6.32. The van der Waals surface area contributed by atoms with Gasteiger partial charge in [0, 0.05) is 6.42 Å². The lowest BCUT2D eigenvalue weighted by Gasteiger charge is -2.09. The smallest absolute Gasteiger partial charge is 0.122 e. The van der Waals surface area contributed by atoms with Crippen LogP contribution in [0.1, 0.15) is 11.1 Å². The molecule has 0 aromatic heterocycles. The van der Waals surface area contributed by atoms with Gasteiger partial charge >= 0.3 is 0 Å². The number of rotatable bonds is 3. The van der Waals surface area contributed by atoms with Crippen LogP contribution in [0.4, 0.5) is 0 Å². The summed E-state index contributed by atoms with van der Waals surface area (Å²) in [6.45, 7) is 0. The van der Waals surface area contributed by atoms with Crippen LogP contribution in [0.25, 0.3) is 0 Å². The molecule has 1 nitrogen and oxygen atoms in total. The summed E-state index contributed by atoms with van der Waals surface area (Å²) in [5.74, 6) is 0.887. The third kappa shape index (κ3) is 2.46. The second-order valence-corrected chi connectivity index (χ2v) is 3.73. The van der Waals surface area contributed by atoms with Crippen LogP contribution in [0.5, 0.6) is 5.75 Å². The van der Waals surface area contributed by atoms with Crippen molar-refractivity contribution >= 4 is 13.3 Å². The normalized spacial score (nSPS) is 10.1. The maximum absolute atomic E-state index is 5.78. The van der Waals surface area contributed by atoms with Crippen molar-refractivity contribution in [2.45, 2.75) is 6.42 Å². The van der Waals surface area contributed by atoms with E-state index in [2.05, 4.69) is 12.1 Å². The molecule has 0 saturated heterocycles. The molecule has 0 N–H and O–H groups in total. The summed E-state index contributed by atoms with van der Waals surface area (Å²) in [6, 6.07) is 16.0. The molecule has 0 aliphatic rings. The molecule has 78 valence electrons. The van der Waals surface area contributed by atoms with E-state index in [0.717, 1.165) is 23.2 Å². The molecule has 2 aromatic carbocycles. The molecule has 0 saturated carbocycles. The average molecular weight is 208 g/mol. The van der Waals surface area contributed by atoms with Crippen LogP contribution in [0.2, 0.25) is 0 Å². The van der Waals surface area contributed by atoms with E-state index in [1.807, 2.05) is 36.4 Å². The Morgan fingerprint density at radius 1 is 1.06 bits per heavy atom. The second kappa shape index (κ2) is 4.89. The molecule has 0 bridgehead atoms. The topological polar surface area (TPSA) is 9.23 Å². The third-order valence-corrected chi connectivity index (χ3v) is 2.54. The van der Waals surface area contributed by atoms with Gasteiger partial charge in [-0.25, -0.2) is 0 Å². The maximum Gasteiger partial charge on any atom is 0.122 e. The number of hydrogen-bond donors (Lipinski definition) is 0. The minimum atomic E-state index is 0.770. The molecular weight excluding hydrogens is 195 g/mol. The van der Waals surface area contributed by atoms with E-state index in [9.17, 15) is 0 Å². The monoisotopic (exact) mass is 208 g/mol. The molecule has 0 unspecified atom stereocenters. The zero-order valence-electron chi connectivity index (χ0n) is 9.31. The van der Waals surface area contributed by atoms with Gasteiger partial charge in [0.05, 0.1) is 7.11 Å². The third-order valence-electron chi connectivity index (χ3n) is 2.54. The van der Waals surface area contributed by atoms with Gasteiger partial charge in [-0.3, -0.25) is 0 Å². The Kier molecular flexibility index (Phi) is 3.30. The molecule has 0 spiro atoms. The zero-order chi connectivity index (χ0) is 11.4. The molecule has 0 amide bonds. The number of ether oxygens (including phenoxy) is 1. The van der Waals surface area contributed by atoms with Gasteiger partial charge < -0.3 is 4.74 Å². The van der Waals surface area contributed by atoms with Gasteiger partial charge in [0.15, 0.2) is 0 Å². The molecule has 16 heavy (non-hydrogen) atoms. The molecule has 0 fully saturated rings. The molecule has 2 rings (SSSR count). The van der Waals surface area contributed by atoms with Crippen molar-refractivity contribution in [1.82, 2.24) is 0 Å². The highest BCUT2D eigenvalue weighted by atomic mass is 16.5. The summed E-state index contributed by atoms with van der Waals surface area (Å²) >= 11 is 0. The van der Waals surface area contributed by atoms with Crippen molar-refractivity contribution in [1.29, 1.82) is 0 Å². The highest BCUT2D eigenvalue weighted by Crippen LogP contribution is 2.19. The minimum Gasteiger partial charge on any atom is -0.496 e. The Labute approximate surface area is 97.5 Å². The molecule has 2 heteroatoms. The van der Waals surface area contributed by atoms with Gasteiger partial charge in [-0.1, -0.05) is 47.9 Å². The Hall–Kier alpha value is -1.70.